The van der Waals surface area contributed by atoms with Crippen LogP contribution in [0.5, 0.6) is 0 Å². The largest absolute Gasteiger partial charge is 0.464 e. The smallest absolute Gasteiger partial charge is 0.329 e. The number of allylic oxidation sites excluding steroid dienone is 2. The molecule has 10 heteroatoms. The molecule has 5 rings (SSSR count). The van der Waals surface area contributed by atoms with Gasteiger partial charge in [0, 0.05) is 17.5 Å². The number of aryl methyl sites for hydroxylation is 1. The zero-order valence-corrected chi connectivity index (χ0v) is 23.2. The molecule has 1 aromatic heterocycles. The Bertz CT molecular complexity index is 1300. The molecule has 1 aliphatic carbocycles. The topological polar surface area (TPSA) is 101 Å². The van der Waals surface area contributed by atoms with Gasteiger partial charge in [0.15, 0.2) is 11.6 Å². The number of likely N-dealkylation sites (tertiary alicyclic amines) is 1. The van der Waals surface area contributed by atoms with E-state index < -0.39 is 23.7 Å². The fourth-order valence-corrected chi connectivity index (χ4v) is 6.70. The molecule has 3 aliphatic rings. The predicted molar refractivity (Wildman–Crippen MR) is 147 cm³/mol. The van der Waals surface area contributed by atoms with Crippen molar-refractivity contribution in [1.82, 2.24) is 10.2 Å². The standard InChI is InChI=1S/C29H34FN3O5S/c1-16(2)37-29(36)21-9-5-13-33(21)28(35)18-7-4-8-19(25(18)30)31-26-20(15-22(26)34)32-27(24-10-6-14-39-24)23-12-11-17(3)38-23/h4,7-8,11-12,16,21,24,27,31-32H,5-6,9-10,13-15H2,1-3H3/t21-,24?,27?/m0/s1. The average Bonchev–Trinajstić information content (AvgIpc) is 3.67. The summed E-state index contributed by atoms with van der Waals surface area (Å²) < 4.78 is 26.9. The first kappa shape index (κ1) is 27.3. The third-order valence-electron chi connectivity index (χ3n) is 7.28. The Kier molecular flexibility index (Phi) is 8.02. The molecule has 2 saturated heterocycles. The summed E-state index contributed by atoms with van der Waals surface area (Å²) in [6, 6.07) is 7.49. The molecule has 2 N–H and O–H groups in total. The number of hydrogen-bond acceptors (Lipinski definition) is 8. The van der Waals surface area contributed by atoms with E-state index in [4.69, 9.17) is 9.15 Å². The van der Waals surface area contributed by atoms with Gasteiger partial charge in [-0.05, 0) is 76.5 Å². The Morgan fingerprint density at radius 1 is 1.18 bits per heavy atom. The minimum absolute atomic E-state index is 0.0318. The summed E-state index contributed by atoms with van der Waals surface area (Å²) in [7, 11) is 0. The number of rotatable bonds is 9. The molecule has 3 atom stereocenters. The number of amides is 1. The second kappa shape index (κ2) is 11.5. The van der Waals surface area contributed by atoms with Gasteiger partial charge in [-0.1, -0.05) is 6.07 Å². The van der Waals surface area contributed by atoms with Crippen molar-refractivity contribution in [3.05, 3.63) is 64.6 Å². The summed E-state index contributed by atoms with van der Waals surface area (Å²) in [5.41, 5.74) is 0.856. The third kappa shape index (κ3) is 5.71. The number of ketones is 1. The number of nitrogens with zero attached hydrogens (tertiary/aromatic N) is 1. The van der Waals surface area contributed by atoms with E-state index in [2.05, 4.69) is 10.6 Å². The van der Waals surface area contributed by atoms with Crippen LogP contribution in [0.3, 0.4) is 0 Å². The molecule has 2 aliphatic heterocycles. The highest BCUT2D eigenvalue weighted by Gasteiger charge is 2.38. The molecule has 2 aromatic rings. The normalized spacial score (nSPS) is 21.8. The molecule has 208 valence electrons. The lowest BCUT2D eigenvalue weighted by Crippen LogP contribution is -2.42. The molecular formula is C29H34FN3O5S. The lowest BCUT2D eigenvalue weighted by molar-refractivity contribution is -0.152. The van der Waals surface area contributed by atoms with Gasteiger partial charge in [-0.3, -0.25) is 9.59 Å². The van der Waals surface area contributed by atoms with Crippen LogP contribution in [0, 0.1) is 12.7 Å². The van der Waals surface area contributed by atoms with Crippen molar-refractivity contribution in [2.24, 2.45) is 0 Å². The number of halogens is 1. The van der Waals surface area contributed by atoms with Gasteiger partial charge >= 0.3 is 5.97 Å². The van der Waals surface area contributed by atoms with Gasteiger partial charge < -0.3 is 24.7 Å². The Labute approximate surface area is 231 Å². The number of carbonyl (C=O) groups excluding carboxylic acids is 3. The molecule has 39 heavy (non-hydrogen) atoms. The van der Waals surface area contributed by atoms with Gasteiger partial charge in [0.1, 0.15) is 23.3 Å². The minimum Gasteiger partial charge on any atom is -0.464 e. The summed E-state index contributed by atoms with van der Waals surface area (Å²) in [6.07, 6.45) is 3.17. The van der Waals surface area contributed by atoms with Crippen LogP contribution in [0.15, 0.2) is 46.1 Å². The van der Waals surface area contributed by atoms with Crippen LogP contribution in [-0.2, 0) is 14.3 Å². The maximum atomic E-state index is 15.7. The lowest BCUT2D eigenvalue weighted by atomic mass is 9.96. The quantitative estimate of drug-likeness (QED) is 0.412. The molecule has 1 amide bonds. The van der Waals surface area contributed by atoms with Crippen LogP contribution in [-0.4, -0.2) is 52.3 Å². The summed E-state index contributed by atoms with van der Waals surface area (Å²) in [4.78, 5) is 39.8. The van der Waals surface area contributed by atoms with Crippen molar-refractivity contribution in [2.75, 3.05) is 17.6 Å². The molecule has 0 bridgehead atoms. The zero-order valence-electron chi connectivity index (χ0n) is 22.4. The highest BCUT2D eigenvalue weighted by atomic mass is 32.2. The first-order valence-electron chi connectivity index (χ1n) is 13.5. The van der Waals surface area contributed by atoms with Gasteiger partial charge in [-0.15, -0.1) is 0 Å². The van der Waals surface area contributed by atoms with Crippen LogP contribution in [0.25, 0.3) is 0 Å². The molecule has 1 aromatic carbocycles. The summed E-state index contributed by atoms with van der Waals surface area (Å²) in [5.74, 6) is 0.752. The van der Waals surface area contributed by atoms with Gasteiger partial charge in [-0.2, -0.15) is 11.8 Å². The van der Waals surface area contributed by atoms with Crippen molar-refractivity contribution in [1.29, 1.82) is 0 Å². The van der Waals surface area contributed by atoms with Crippen LogP contribution >= 0.6 is 11.8 Å². The number of ether oxygens (including phenoxy) is 1. The number of benzene rings is 1. The third-order valence-corrected chi connectivity index (χ3v) is 8.74. The molecule has 0 saturated carbocycles. The molecule has 0 spiro atoms. The van der Waals surface area contributed by atoms with E-state index in [0.29, 0.717) is 30.3 Å². The second-order valence-electron chi connectivity index (χ2n) is 10.5. The first-order chi connectivity index (χ1) is 18.7. The SMILES string of the molecule is Cc1ccc(C(NC2=C(Nc3cccc(C(=O)N4CCC[C@H]4C(=O)OC(C)C)c3F)C(=O)C2)C2CCCS2)o1. The molecular weight excluding hydrogens is 521 g/mol. The summed E-state index contributed by atoms with van der Waals surface area (Å²) >= 11 is 1.88. The van der Waals surface area contributed by atoms with Crippen molar-refractivity contribution in [2.45, 2.75) is 76.3 Å². The minimum atomic E-state index is -0.763. The number of furan rings is 1. The fourth-order valence-electron chi connectivity index (χ4n) is 5.34. The van der Waals surface area contributed by atoms with Crippen LogP contribution in [0.4, 0.5) is 10.1 Å². The Morgan fingerprint density at radius 2 is 2.00 bits per heavy atom. The fraction of sp³-hybridized carbons (Fsp3) is 0.483. The Hall–Kier alpha value is -3.27. The highest BCUT2D eigenvalue weighted by Crippen LogP contribution is 2.39. The monoisotopic (exact) mass is 555 g/mol. The van der Waals surface area contributed by atoms with E-state index in [9.17, 15) is 14.4 Å². The Morgan fingerprint density at radius 3 is 2.67 bits per heavy atom. The number of thioether (sulfide) groups is 1. The second-order valence-corrected chi connectivity index (χ2v) is 11.9. The van der Waals surface area contributed by atoms with Crippen molar-refractivity contribution in [3.8, 4) is 0 Å². The summed E-state index contributed by atoms with van der Waals surface area (Å²) in [6.45, 7) is 5.74. The number of nitrogens with one attached hydrogen (secondary N) is 2. The number of carbonyl (C=O) groups is 3. The van der Waals surface area contributed by atoms with Crippen molar-refractivity contribution >= 4 is 35.1 Å². The van der Waals surface area contributed by atoms with Crippen molar-refractivity contribution in [3.63, 3.8) is 0 Å². The van der Waals surface area contributed by atoms with Gasteiger partial charge in [-0.25, -0.2) is 9.18 Å². The first-order valence-corrected chi connectivity index (χ1v) is 14.6. The summed E-state index contributed by atoms with van der Waals surface area (Å²) in [5, 5.41) is 6.73. The molecule has 0 radical (unpaired) electrons. The molecule has 2 fully saturated rings. The number of Topliss-reactive ketones (excluding diaryl/α,β-unsaturated/α-hetero) is 1. The zero-order chi connectivity index (χ0) is 27.7. The molecule has 3 heterocycles. The van der Waals surface area contributed by atoms with E-state index in [1.165, 1.54) is 17.0 Å². The van der Waals surface area contributed by atoms with E-state index in [0.717, 1.165) is 30.1 Å². The average molecular weight is 556 g/mol. The van der Waals surface area contributed by atoms with E-state index in [1.807, 2.05) is 30.8 Å². The molecule has 8 nitrogen and oxygen atoms in total. The lowest BCUT2D eigenvalue weighted by Gasteiger charge is -2.31. The van der Waals surface area contributed by atoms with Crippen molar-refractivity contribution < 1.29 is 27.9 Å². The van der Waals surface area contributed by atoms with Crippen LogP contribution in [0.2, 0.25) is 0 Å². The van der Waals surface area contributed by atoms with E-state index in [1.54, 1.807) is 19.9 Å². The van der Waals surface area contributed by atoms with E-state index in [-0.39, 0.29) is 41.3 Å². The number of esters is 1. The number of anilines is 1. The molecule has 2 unspecified atom stereocenters. The van der Waals surface area contributed by atoms with Crippen LogP contribution < -0.4 is 10.6 Å². The number of hydrogen-bond donors (Lipinski definition) is 2. The van der Waals surface area contributed by atoms with Gasteiger partial charge in [0.2, 0.25) is 0 Å². The highest BCUT2D eigenvalue weighted by molar-refractivity contribution is 8.00. The maximum Gasteiger partial charge on any atom is 0.329 e. The van der Waals surface area contributed by atoms with E-state index >= 15 is 4.39 Å². The van der Waals surface area contributed by atoms with Crippen LogP contribution in [0.1, 0.15) is 73.9 Å². The van der Waals surface area contributed by atoms with Gasteiger partial charge in [0.05, 0.1) is 29.8 Å². The maximum absolute atomic E-state index is 15.7. The van der Waals surface area contributed by atoms with Gasteiger partial charge in [0.25, 0.3) is 5.91 Å². The predicted octanol–water partition coefficient (Wildman–Crippen LogP) is 5.11. The Balaban J connectivity index is 1.36.